The lowest BCUT2D eigenvalue weighted by Crippen LogP contribution is -2.43. The van der Waals surface area contributed by atoms with E-state index in [-0.39, 0.29) is 11.8 Å². The summed E-state index contributed by atoms with van der Waals surface area (Å²) >= 11 is 1.50. The van der Waals surface area contributed by atoms with E-state index >= 15 is 0 Å². The van der Waals surface area contributed by atoms with Crippen LogP contribution in [0.15, 0.2) is 42.2 Å². The first-order chi connectivity index (χ1) is 13.1. The summed E-state index contributed by atoms with van der Waals surface area (Å²) < 4.78 is 0. The van der Waals surface area contributed by atoms with Gasteiger partial charge in [-0.2, -0.15) is 0 Å². The minimum atomic E-state index is 0.168. The van der Waals surface area contributed by atoms with Gasteiger partial charge in [-0.3, -0.25) is 15.4 Å². The summed E-state index contributed by atoms with van der Waals surface area (Å²) in [6.45, 7) is 1.72. The average molecular weight is 379 g/mol. The monoisotopic (exact) mass is 379 g/mol. The molecule has 4 rings (SSSR count). The molecule has 0 saturated carbocycles. The van der Waals surface area contributed by atoms with Gasteiger partial charge in [-0.05, 0) is 31.0 Å². The molecule has 138 valence electrons. The molecule has 1 aliphatic rings. The number of hydrogen-bond donors (Lipinski definition) is 3. The average Bonchev–Trinajstić information content (AvgIpc) is 3.23. The molecule has 0 amide bonds. The maximum atomic E-state index is 8.66. The van der Waals surface area contributed by atoms with Gasteiger partial charge in [0.05, 0.1) is 39.4 Å². The number of nitrogens with zero attached hydrogens (tertiary/aromatic N) is 4. The molecule has 1 unspecified atom stereocenters. The molecule has 1 atom stereocenters. The molecule has 8 heteroatoms. The first kappa shape index (κ1) is 17.6. The van der Waals surface area contributed by atoms with Crippen molar-refractivity contribution in [2.24, 2.45) is 5.73 Å². The van der Waals surface area contributed by atoms with E-state index in [1.807, 2.05) is 24.3 Å². The van der Waals surface area contributed by atoms with Crippen LogP contribution in [0.2, 0.25) is 0 Å². The smallest absolute Gasteiger partial charge is 0.129 e. The number of rotatable bonds is 4. The summed E-state index contributed by atoms with van der Waals surface area (Å²) in [7, 11) is 0. The van der Waals surface area contributed by atoms with Crippen LogP contribution in [0.5, 0.6) is 0 Å². The minimum Gasteiger partial charge on any atom is -0.397 e. The second-order valence-corrected chi connectivity index (χ2v) is 7.51. The number of aromatic nitrogens is 3. The molecule has 4 heterocycles. The maximum Gasteiger partial charge on any atom is 0.129 e. The van der Waals surface area contributed by atoms with Gasteiger partial charge in [-0.15, -0.1) is 11.3 Å². The van der Waals surface area contributed by atoms with Crippen molar-refractivity contribution in [3.05, 3.63) is 53.4 Å². The van der Waals surface area contributed by atoms with Gasteiger partial charge in [0.2, 0.25) is 0 Å². The van der Waals surface area contributed by atoms with Crippen molar-refractivity contribution in [2.45, 2.75) is 18.9 Å². The summed E-state index contributed by atoms with van der Waals surface area (Å²) in [6.07, 6.45) is 5.45. The van der Waals surface area contributed by atoms with Crippen LogP contribution in [0.4, 0.5) is 11.5 Å². The number of thiazole rings is 1. The zero-order valence-electron chi connectivity index (χ0n) is 14.8. The molecule has 0 bridgehead atoms. The molecule has 7 nitrogen and oxygen atoms in total. The Morgan fingerprint density at radius 3 is 2.96 bits per heavy atom. The van der Waals surface area contributed by atoms with E-state index in [1.165, 1.54) is 11.3 Å². The quantitative estimate of drug-likeness (QED) is 0.600. The van der Waals surface area contributed by atoms with Crippen LogP contribution in [-0.2, 0) is 0 Å². The number of piperidine rings is 1. The highest BCUT2D eigenvalue weighted by Crippen LogP contribution is 2.26. The Labute approximate surface area is 161 Å². The third kappa shape index (κ3) is 3.67. The third-order valence-electron chi connectivity index (χ3n) is 4.66. The van der Waals surface area contributed by atoms with Gasteiger partial charge in [0, 0.05) is 30.9 Å². The van der Waals surface area contributed by atoms with E-state index < -0.39 is 0 Å². The molecule has 0 aromatic carbocycles. The van der Waals surface area contributed by atoms with E-state index in [0.717, 1.165) is 42.3 Å². The van der Waals surface area contributed by atoms with Gasteiger partial charge in [-0.1, -0.05) is 6.07 Å². The van der Waals surface area contributed by atoms with Crippen LogP contribution >= 0.6 is 11.3 Å². The fourth-order valence-electron chi connectivity index (χ4n) is 3.25. The second-order valence-electron chi connectivity index (χ2n) is 6.63. The molecule has 1 fully saturated rings. The minimum absolute atomic E-state index is 0.168. The molecule has 0 aliphatic carbocycles. The van der Waals surface area contributed by atoms with Crippen molar-refractivity contribution in [1.29, 1.82) is 5.41 Å². The molecular weight excluding hydrogens is 358 g/mol. The molecule has 3 aromatic heterocycles. The lowest BCUT2D eigenvalue weighted by atomic mass is 10.0. The summed E-state index contributed by atoms with van der Waals surface area (Å²) in [5.74, 6) is 0.850. The summed E-state index contributed by atoms with van der Waals surface area (Å²) in [5, 5.41) is 8.66. The first-order valence-corrected chi connectivity index (χ1v) is 9.71. The van der Waals surface area contributed by atoms with Crippen molar-refractivity contribution in [3.63, 3.8) is 0 Å². The van der Waals surface area contributed by atoms with Crippen LogP contribution in [-0.4, -0.2) is 39.8 Å². The molecule has 3 aromatic rings. The van der Waals surface area contributed by atoms with Gasteiger partial charge in [0.15, 0.2) is 0 Å². The van der Waals surface area contributed by atoms with Crippen molar-refractivity contribution >= 4 is 28.6 Å². The van der Waals surface area contributed by atoms with Crippen LogP contribution in [0, 0.1) is 5.41 Å². The Hall–Kier alpha value is -2.84. The Morgan fingerprint density at radius 2 is 2.19 bits per heavy atom. The third-order valence-corrected chi connectivity index (χ3v) is 5.46. The predicted octanol–water partition coefficient (Wildman–Crippen LogP) is 2.53. The molecule has 0 spiro atoms. The van der Waals surface area contributed by atoms with Crippen LogP contribution < -0.4 is 16.4 Å². The highest BCUT2D eigenvalue weighted by molar-refractivity contribution is 7.13. The molecule has 27 heavy (non-hydrogen) atoms. The van der Waals surface area contributed by atoms with Crippen molar-refractivity contribution in [3.8, 4) is 10.6 Å². The van der Waals surface area contributed by atoms with Gasteiger partial charge < -0.3 is 16.4 Å². The van der Waals surface area contributed by atoms with Gasteiger partial charge >= 0.3 is 0 Å². The van der Waals surface area contributed by atoms with Gasteiger partial charge in [0.1, 0.15) is 5.82 Å². The topological polar surface area (TPSA) is 118 Å². The standard InChI is InChI=1S/C19H21N7S/c20-12-3-2-6-26(10-12)18-5-1-4-15(25-18)19(22)13-7-16(24-8-14(13)21)17-9-23-11-27-17/h1,4-5,7-9,11-12,22H,2-3,6,10,20-21H2. The second kappa shape index (κ2) is 7.42. The Kier molecular flexibility index (Phi) is 4.83. The summed E-state index contributed by atoms with van der Waals surface area (Å²) in [4.78, 5) is 16.3. The lowest BCUT2D eigenvalue weighted by molar-refractivity contribution is 0.503. The molecule has 1 saturated heterocycles. The number of nitrogens with one attached hydrogen (secondary N) is 1. The molecule has 1 aliphatic heterocycles. The fourth-order valence-corrected chi connectivity index (χ4v) is 3.84. The van der Waals surface area contributed by atoms with E-state index in [2.05, 4.69) is 14.9 Å². The number of nitrogens with two attached hydrogens (primary N) is 2. The predicted molar refractivity (Wildman–Crippen MR) is 109 cm³/mol. The number of pyridine rings is 2. The first-order valence-electron chi connectivity index (χ1n) is 8.83. The van der Waals surface area contributed by atoms with Crippen LogP contribution in [0.1, 0.15) is 24.1 Å². The zero-order valence-corrected chi connectivity index (χ0v) is 15.6. The molecular formula is C19H21N7S. The summed E-state index contributed by atoms with van der Waals surface area (Å²) in [6, 6.07) is 7.72. The van der Waals surface area contributed by atoms with Gasteiger partial charge in [-0.25, -0.2) is 4.98 Å². The van der Waals surface area contributed by atoms with E-state index in [0.29, 0.717) is 16.9 Å². The van der Waals surface area contributed by atoms with Crippen molar-refractivity contribution in [2.75, 3.05) is 23.7 Å². The van der Waals surface area contributed by atoms with E-state index in [4.69, 9.17) is 21.9 Å². The lowest BCUT2D eigenvalue weighted by Gasteiger charge is -2.31. The highest BCUT2D eigenvalue weighted by atomic mass is 32.1. The summed E-state index contributed by atoms with van der Waals surface area (Å²) in [5.41, 5.74) is 16.7. The number of nitrogen functional groups attached to an aromatic ring is 1. The zero-order chi connectivity index (χ0) is 18.8. The Bertz CT molecular complexity index is 954. The van der Waals surface area contributed by atoms with Crippen molar-refractivity contribution < 1.29 is 0 Å². The van der Waals surface area contributed by atoms with Crippen LogP contribution in [0.3, 0.4) is 0 Å². The van der Waals surface area contributed by atoms with E-state index in [9.17, 15) is 0 Å². The largest absolute Gasteiger partial charge is 0.397 e. The number of anilines is 2. The molecule has 5 N–H and O–H groups in total. The number of hydrogen-bond acceptors (Lipinski definition) is 8. The van der Waals surface area contributed by atoms with E-state index in [1.54, 1.807) is 17.9 Å². The molecule has 0 radical (unpaired) electrons. The maximum absolute atomic E-state index is 8.66. The fraction of sp³-hybridized carbons (Fsp3) is 0.263. The Balaban J connectivity index is 1.65. The Morgan fingerprint density at radius 1 is 1.30 bits per heavy atom. The van der Waals surface area contributed by atoms with Crippen molar-refractivity contribution in [1.82, 2.24) is 15.0 Å². The van der Waals surface area contributed by atoms with Crippen LogP contribution in [0.25, 0.3) is 10.6 Å². The normalized spacial score (nSPS) is 17.1. The SMILES string of the molecule is N=C(c1cccc(N2CCCC(N)C2)n1)c1cc(-c2cncs2)ncc1N. The highest BCUT2D eigenvalue weighted by Gasteiger charge is 2.19. The van der Waals surface area contributed by atoms with Gasteiger partial charge in [0.25, 0.3) is 0 Å².